The Hall–Kier alpha value is -1.09. The number of carbonyl (C=O) groups excluding carboxylic acids is 1. The van der Waals surface area contributed by atoms with Crippen molar-refractivity contribution < 1.29 is 18.0 Å². The predicted octanol–water partition coefficient (Wildman–Crippen LogP) is 3.16. The van der Waals surface area contributed by atoms with E-state index < -0.39 is 18.6 Å². The van der Waals surface area contributed by atoms with Gasteiger partial charge in [-0.15, -0.1) is 23.1 Å². The van der Waals surface area contributed by atoms with Crippen molar-refractivity contribution in [2.75, 3.05) is 24.4 Å². The molecule has 0 aliphatic rings. The Kier molecular flexibility index (Phi) is 5.58. The molecule has 0 saturated heterocycles. The molecule has 0 aliphatic heterocycles. The number of rotatable bonds is 5. The van der Waals surface area contributed by atoms with Crippen molar-refractivity contribution in [1.29, 1.82) is 0 Å². The molecular formula is C11H16F3N3OS2. The number of hydrogen-bond acceptors (Lipinski definition) is 5. The summed E-state index contributed by atoms with van der Waals surface area (Å²) < 4.78 is 37.0. The predicted molar refractivity (Wildman–Crippen MR) is 77.7 cm³/mol. The lowest BCUT2D eigenvalue weighted by atomic mass is 10.2. The van der Waals surface area contributed by atoms with E-state index in [9.17, 15) is 18.0 Å². The Morgan fingerprint density at radius 1 is 1.50 bits per heavy atom. The molecule has 0 aliphatic carbocycles. The number of carbonyl (C=O) groups is 1. The smallest absolute Gasteiger partial charge is 0.391 e. The van der Waals surface area contributed by atoms with Gasteiger partial charge in [0, 0.05) is 13.1 Å². The number of alkyl halides is 3. The molecule has 0 fully saturated rings. The Morgan fingerprint density at radius 2 is 2.10 bits per heavy atom. The summed E-state index contributed by atoms with van der Waals surface area (Å²) in [5, 5.41) is 5.72. The molecule has 0 aromatic carbocycles. The third-order valence-electron chi connectivity index (χ3n) is 2.45. The van der Waals surface area contributed by atoms with Crippen molar-refractivity contribution in [3.8, 4) is 0 Å². The molecule has 0 radical (unpaired) electrons. The molecular weight excluding hydrogens is 311 g/mol. The molecule has 0 spiro atoms. The van der Waals surface area contributed by atoms with Crippen molar-refractivity contribution in [3.05, 3.63) is 4.88 Å². The summed E-state index contributed by atoms with van der Waals surface area (Å²) in [7, 11) is 1.47. The van der Waals surface area contributed by atoms with Crippen LogP contribution in [0.3, 0.4) is 0 Å². The van der Waals surface area contributed by atoms with Crippen LogP contribution in [-0.2, 0) is 0 Å². The van der Waals surface area contributed by atoms with Gasteiger partial charge in [-0.3, -0.25) is 4.79 Å². The van der Waals surface area contributed by atoms with Crippen LogP contribution < -0.4 is 16.4 Å². The number of amides is 1. The Balaban J connectivity index is 2.98. The van der Waals surface area contributed by atoms with Crippen LogP contribution in [0.2, 0.25) is 0 Å². The second kappa shape index (κ2) is 6.57. The summed E-state index contributed by atoms with van der Waals surface area (Å²) in [5.41, 5.74) is 6.16. The minimum Gasteiger partial charge on any atom is -0.396 e. The molecule has 1 heterocycles. The molecule has 1 rings (SSSR count). The van der Waals surface area contributed by atoms with Crippen molar-refractivity contribution in [2.24, 2.45) is 0 Å². The van der Waals surface area contributed by atoms with Gasteiger partial charge in [-0.05, 0) is 13.2 Å². The molecule has 20 heavy (non-hydrogen) atoms. The highest BCUT2D eigenvalue weighted by molar-refractivity contribution is 7.99. The van der Waals surface area contributed by atoms with E-state index >= 15 is 0 Å². The van der Waals surface area contributed by atoms with Crippen molar-refractivity contribution in [3.63, 3.8) is 0 Å². The average molecular weight is 327 g/mol. The first kappa shape index (κ1) is 17.0. The Labute approximate surface area is 123 Å². The Morgan fingerprint density at radius 3 is 2.55 bits per heavy atom. The first-order valence-corrected chi connectivity index (χ1v) is 7.75. The van der Waals surface area contributed by atoms with Crippen LogP contribution in [0.15, 0.2) is 4.90 Å². The largest absolute Gasteiger partial charge is 0.396 e. The lowest BCUT2D eigenvalue weighted by Gasteiger charge is -2.16. The molecule has 1 atom stereocenters. The van der Waals surface area contributed by atoms with Crippen LogP contribution in [-0.4, -0.2) is 31.4 Å². The maximum Gasteiger partial charge on any atom is 0.391 e. The van der Waals surface area contributed by atoms with E-state index in [1.165, 1.54) is 25.7 Å². The van der Waals surface area contributed by atoms with E-state index in [0.29, 0.717) is 20.5 Å². The molecule has 1 unspecified atom stereocenters. The number of thiophene rings is 1. The van der Waals surface area contributed by atoms with Crippen LogP contribution in [0.4, 0.5) is 23.9 Å². The minimum atomic E-state index is -4.24. The molecule has 4 nitrogen and oxygen atoms in total. The van der Waals surface area contributed by atoms with Gasteiger partial charge in [-0.1, -0.05) is 0 Å². The van der Waals surface area contributed by atoms with Gasteiger partial charge in [0.2, 0.25) is 0 Å². The van der Waals surface area contributed by atoms with Gasteiger partial charge in [0.1, 0.15) is 9.88 Å². The number of nitrogens with two attached hydrogens (primary N) is 1. The maximum absolute atomic E-state index is 12.3. The molecule has 1 aromatic rings. The summed E-state index contributed by atoms with van der Waals surface area (Å²) in [4.78, 5) is 12.5. The van der Waals surface area contributed by atoms with Crippen LogP contribution in [0.5, 0.6) is 0 Å². The van der Waals surface area contributed by atoms with Crippen LogP contribution in [0.25, 0.3) is 0 Å². The number of nitrogen functional groups attached to an aromatic ring is 1. The van der Waals surface area contributed by atoms with Crippen LogP contribution in [0.1, 0.15) is 23.0 Å². The number of thioether (sulfide) groups is 1. The molecule has 1 aromatic heterocycles. The topological polar surface area (TPSA) is 67.2 Å². The first-order valence-electron chi connectivity index (χ1n) is 5.71. The fourth-order valence-corrected chi connectivity index (χ4v) is 3.71. The van der Waals surface area contributed by atoms with Crippen molar-refractivity contribution in [2.45, 2.75) is 30.5 Å². The van der Waals surface area contributed by atoms with E-state index in [1.807, 2.05) is 0 Å². The van der Waals surface area contributed by atoms with Gasteiger partial charge in [0.15, 0.2) is 0 Å². The van der Waals surface area contributed by atoms with E-state index in [0.717, 1.165) is 11.3 Å². The summed E-state index contributed by atoms with van der Waals surface area (Å²) in [5.74, 6) is -0.348. The second-order valence-corrected chi connectivity index (χ2v) is 5.99. The molecule has 114 valence electrons. The van der Waals surface area contributed by atoms with Crippen LogP contribution >= 0.6 is 23.1 Å². The van der Waals surface area contributed by atoms with Crippen molar-refractivity contribution in [1.82, 2.24) is 5.32 Å². The fourth-order valence-electron chi connectivity index (χ4n) is 1.63. The summed E-state index contributed by atoms with van der Waals surface area (Å²) >= 11 is 2.35. The molecule has 9 heteroatoms. The molecule has 1 amide bonds. The van der Waals surface area contributed by atoms with Crippen LogP contribution in [0, 0.1) is 0 Å². The van der Waals surface area contributed by atoms with Crippen molar-refractivity contribution >= 4 is 39.7 Å². The van der Waals surface area contributed by atoms with Gasteiger partial charge in [-0.25, -0.2) is 0 Å². The monoisotopic (exact) mass is 327 g/mol. The van der Waals surface area contributed by atoms with E-state index in [1.54, 1.807) is 6.26 Å². The zero-order valence-corrected chi connectivity index (χ0v) is 12.9. The van der Waals surface area contributed by atoms with Gasteiger partial charge in [0.25, 0.3) is 5.91 Å². The lowest BCUT2D eigenvalue weighted by molar-refractivity contribution is -0.136. The highest BCUT2D eigenvalue weighted by Crippen LogP contribution is 2.42. The molecule has 4 N–H and O–H groups in total. The van der Waals surface area contributed by atoms with E-state index in [2.05, 4.69) is 10.6 Å². The SMILES string of the molecule is CNC(=O)c1sc(NC(C)CC(F)(F)F)c(SC)c1N. The molecule has 0 saturated carbocycles. The minimum absolute atomic E-state index is 0.295. The van der Waals surface area contributed by atoms with Gasteiger partial charge in [-0.2, -0.15) is 13.2 Å². The highest BCUT2D eigenvalue weighted by Gasteiger charge is 2.31. The fraction of sp³-hybridized carbons (Fsp3) is 0.545. The van der Waals surface area contributed by atoms with Gasteiger partial charge >= 0.3 is 6.18 Å². The number of halogens is 3. The zero-order valence-electron chi connectivity index (χ0n) is 11.2. The number of nitrogens with one attached hydrogen (secondary N) is 2. The number of anilines is 2. The zero-order chi connectivity index (χ0) is 15.5. The van der Waals surface area contributed by atoms with Gasteiger partial charge < -0.3 is 16.4 Å². The normalized spacial score (nSPS) is 13.1. The van der Waals surface area contributed by atoms with Gasteiger partial charge in [0.05, 0.1) is 17.0 Å². The van der Waals surface area contributed by atoms with E-state index in [-0.39, 0.29) is 5.91 Å². The summed E-state index contributed by atoms with van der Waals surface area (Å²) in [6.45, 7) is 1.44. The Bertz CT molecular complexity index is 488. The number of hydrogen-bond donors (Lipinski definition) is 3. The van der Waals surface area contributed by atoms with E-state index in [4.69, 9.17) is 5.73 Å². The highest BCUT2D eigenvalue weighted by atomic mass is 32.2. The summed E-state index contributed by atoms with van der Waals surface area (Å²) in [6.07, 6.45) is -3.43. The molecule has 0 bridgehead atoms. The standard InChI is InChI=1S/C11H16F3N3OS2/c1-5(4-11(12,13)14)17-10-8(19-3)6(15)7(20-10)9(18)16-2/h5,17H,4,15H2,1-3H3,(H,16,18). The third kappa shape index (κ3) is 4.20. The second-order valence-electron chi connectivity index (χ2n) is 4.15. The quantitative estimate of drug-likeness (QED) is 0.727. The summed E-state index contributed by atoms with van der Waals surface area (Å²) in [6, 6.07) is -0.795. The third-order valence-corrected chi connectivity index (χ3v) is 4.55. The maximum atomic E-state index is 12.3. The lowest BCUT2D eigenvalue weighted by Crippen LogP contribution is -2.23. The average Bonchev–Trinajstić information content (AvgIpc) is 2.62. The first-order chi connectivity index (χ1) is 9.19.